The van der Waals surface area contributed by atoms with Gasteiger partial charge in [0.05, 0.1) is 6.26 Å². The van der Waals surface area contributed by atoms with Crippen molar-refractivity contribution in [1.82, 2.24) is 4.90 Å². The average molecular weight is 299 g/mol. The maximum atomic E-state index is 11.1. The van der Waals surface area contributed by atoms with E-state index in [2.05, 4.69) is 16.5 Å². The van der Waals surface area contributed by atoms with Crippen LogP contribution in [0.3, 0.4) is 0 Å². The van der Waals surface area contributed by atoms with Gasteiger partial charge in [0.2, 0.25) is 10.0 Å². The lowest BCUT2D eigenvalue weighted by atomic mass is 10.1. The predicted molar refractivity (Wildman–Crippen MR) is 84.4 cm³/mol. The van der Waals surface area contributed by atoms with Gasteiger partial charge in [-0.2, -0.15) is 0 Å². The van der Waals surface area contributed by atoms with E-state index in [0.29, 0.717) is 5.69 Å². The Morgan fingerprint density at radius 2 is 1.85 bits per heavy atom. The summed E-state index contributed by atoms with van der Waals surface area (Å²) in [6, 6.07) is 7.52. The SMILES string of the molecule is CCN(CCCN)CCc1ccc(NS(C)(=O)=O)cc1. The van der Waals surface area contributed by atoms with E-state index in [1.807, 2.05) is 12.1 Å². The number of nitrogens with one attached hydrogen (secondary N) is 1. The molecule has 5 nitrogen and oxygen atoms in total. The lowest BCUT2D eigenvalue weighted by Crippen LogP contribution is -2.28. The second-order valence-corrected chi connectivity index (χ2v) is 6.65. The normalized spacial score (nSPS) is 11.8. The third-order valence-electron chi connectivity index (χ3n) is 3.10. The quantitative estimate of drug-likeness (QED) is 0.720. The summed E-state index contributed by atoms with van der Waals surface area (Å²) in [5.74, 6) is 0. The Kier molecular flexibility index (Phi) is 6.98. The van der Waals surface area contributed by atoms with Gasteiger partial charge in [-0.05, 0) is 50.2 Å². The third kappa shape index (κ3) is 6.88. The van der Waals surface area contributed by atoms with Crippen LogP contribution in [0, 0.1) is 0 Å². The van der Waals surface area contributed by atoms with Crippen molar-refractivity contribution in [2.24, 2.45) is 5.73 Å². The molecule has 1 rings (SSSR count). The Labute approximate surface area is 122 Å². The van der Waals surface area contributed by atoms with Crippen LogP contribution in [0.15, 0.2) is 24.3 Å². The number of likely N-dealkylation sites (N-methyl/N-ethyl adjacent to an activating group) is 1. The second kappa shape index (κ2) is 8.24. The van der Waals surface area contributed by atoms with Crippen molar-refractivity contribution in [2.75, 3.05) is 37.2 Å². The van der Waals surface area contributed by atoms with Crippen molar-refractivity contribution in [1.29, 1.82) is 0 Å². The molecule has 0 aromatic heterocycles. The molecule has 0 aliphatic rings. The molecule has 0 spiro atoms. The molecule has 0 atom stereocenters. The highest BCUT2D eigenvalue weighted by molar-refractivity contribution is 7.92. The molecule has 0 saturated carbocycles. The highest BCUT2D eigenvalue weighted by Gasteiger charge is 2.04. The van der Waals surface area contributed by atoms with Crippen molar-refractivity contribution in [3.63, 3.8) is 0 Å². The monoisotopic (exact) mass is 299 g/mol. The van der Waals surface area contributed by atoms with E-state index >= 15 is 0 Å². The first kappa shape index (κ1) is 16.9. The summed E-state index contributed by atoms with van der Waals surface area (Å²) in [6.07, 6.45) is 3.13. The maximum absolute atomic E-state index is 11.1. The van der Waals surface area contributed by atoms with E-state index < -0.39 is 10.0 Å². The predicted octanol–water partition coefficient (Wildman–Crippen LogP) is 1.27. The molecular weight excluding hydrogens is 274 g/mol. The van der Waals surface area contributed by atoms with Crippen LogP contribution in [0.1, 0.15) is 18.9 Å². The Hall–Kier alpha value is -1.11. The molecule has 0 radical (unpaired) electrons. The lowest BCUT2D eigenvalue weighted by molar-refractivity contribution is 0.290. The van der Waals surface area contributed by atoms with Crippen LogP contribution >= 0.6 is 0 Å². The summed E-state index contributed by atoms with van der Waals surface area (Å²) >= 11 is 0. The van der Waals surface area contributed by atoms with E-state index in [1.165, 1.54) is 5.56 Å². The van der Waals surface area contributed by atoms with E-state index in [4.69, 9.17) is 5.73 Å². The van der Waals surface area contributed by atoms with Gasteiger partial charge in [-0.3, -0.25) is 4.72 Å². The topological polar surface area (TPSA) is 75.4 Å². The Bertz CT molecular complexity index is 486. The molecule has 1 aromatic carbocycles. The molecule has 0 fully saturated rings. The first-order chi connectivity index (χ1) is 9.44. The maximum Gasteiger partial charge on any atom is 0.229 e. The van der Waals surface area contributed by atoms with Gasteiger partial charge in [-0.15, -0.1) is 0 Å². The van der Waals surface area contributed by atoms with Crippen molar-refractivity contribution in [2.45, 2.75) is 19.8 Å². The molecule has 0 bridgehead atoms. The molecule has 1 aromatic rings. The van der Waals surface area contributed by atoms with Gasteiger partial charge >= 0.3 is 0 Å². The molecular formula is C14H25N3O2S. The number of nitrogens with two attached hydrogens (primary N) is 1. The average Bonchev–Trinajstić information content (AvgIpc) is 2.39. The largest absolute Gasteiger partial charge is 0.330 e. The van der Waals surface area contributed by atoms with Crippen LogP contribution in [0.2, 0.25) is 0 Å². The molecule has 114 valence electrons. The van der Waals surface area contributed by atoms with E-state index in [1.54, 1.807) is 12.1 Å². The fourth-order valence-corrected chi connectivity index (χ4v) is 2.55. The number of anilines is 1. The Morgan fingerprint density at radius 1 is 1.20 bits per heavy atom. The number of rotatable bonds is 9. The van der Waals surface area contributed by atoms with Crippen LogP contribution < -0.4 is 10.5 Å². The molecule has 0 aliphatic carbocycles. The van der Waals surface area contributed by atoms with Crippen molar-refractivity contribution >= 4 is 15.7 Å². The van der Waals surface area contributed by atoms with E-state index in [0.717, 1.165) is 45.3 Å². The zero-order chi connectivity index (χ0) is 15.0. The molecule has 6 heteroatoms. The second-order valence-electron chi connectivity index (χ2n) is 4.90. The van der Waals surface area contributed by atoms with Gasteiger partial charge in [-0.25, -0.2) is 8.42 Å². The molecule has 0 saturated heterocycles. The van der Waals surface area contributed by atoms with E-state index in [9.17, 15) is 8.42 Å². The van der Waals surface area contributed by atoms with Crippen LogP contribution in [0.25, 0.3) is 0 Å². The van der Waals surface area contributed by atoms with Crippen LogP contribution in [0.5, 0.6) is 0 Å². The van der Waals surface area contributed by atoms with Gasteiger partial charge in [0.1, 0.15) is 0 Å². The fourth-order valence-electron chi connectivity index (χ4n) is 1.98. The molecule has 3 N–H and O–H groups in total. The van der Waals surface area contributed by atoms with Crippen molar-refractivity contribution in [3.05, 3.63) is 29.8 Å². The summed E-state index contributed by atoms with van der Waals surface area (Å²) in [4.78, 5) is 2.37. The molecule has 0 aliphatic heterocycles. The number of hydrogen-bond donors (Lipinski definition) is 2. The smallest absolute Gasteiger partial charge is 0.229 e. The standard InChI is InChI=1S/C14H25N3O2S/c1-3-17(11-4-10-15)12-9-13-5-7-14(8-6-13)16-20(2,18)19/h5-8,16H,3-4,9-12,15H2,1-2H3. The van der Waals surface area contributed by atoms with Crippen molar-refractivity contribution in [3.8, 4) is 0 Å². The van der Waals surface area contributed by atoms with Gasteiger partial charge in [-0.1, -0.05) is 19.1 Å². The zero-order valence-corrected chi connectivity index (χ0v) is 13.1. The zero-order valence-electron chi connectivity index (χ0n) is 12.3. The minimum absolute atomic E-state index is 0.603. The van der Waals surface area contributed by atoms with Crippen LogP contribution in [-0.2, 0) is 16.4 Å². The fraction of sp³-hybridized carbons (Fsp3) is 0.571. The summed E-state index contributed by atoms with van der Waals surface area (Å²) in [6.45, 7) is 5.92. The van der Waals surface area contributed by atoms with Gasteiger partial charge in [0, 0.05) is 12.2 Å². The molecule has 20 heavy (non-hydrogen) atoms. The first-order valence-electron chi connectivity index (χ1n) is 6.93. The minimum atomic E-state index is -3.20. The molecule has 0 heterocycles. The summed E-state index contributed by atoms with van der Waals surface area (Å²) in [5.41, 5.74) is 7.33. The number of benzene rings is 1. The van der Waals surface area contributed by atoms with Crippen LogP contribution in [-0.4, -0.2) is 45.8 Å². The Morgan fingerprint density at radius 3 is 2.35 bits per heavy atom. The Balaban J connectivity index is 2.48. The lowest BCUT2D eigenvalue weighted by Gasteiger charge is -2.19. The molecule has 0 unspecified atom stereocenters. The highest BCUT2D eigenvalue weighted by atomic mass is 32.2. The number of nitrogens with zero attached hydrogens (tertiary/aromatic N) is 1. The minimum Gasteiger partial charge on any atom is -0.330 e. The first-order valence-corrected chi connectivity index (χ1v) is 8.83. The number of sulfonamides is 1. The highest BCUT2D eigenvalue weighted by Crippen LogP contribution is 2.11. The molecule has 0 amide bonds. The summed E-state index contributed by atoms with van der Waals surface area (Å²) < 4.78 is 24.7. The summed E-state index contributed by atoms with van der Waals surface area (Å²) in [7, 11) is -3.20. The number of hydrogen-bond acceptors (Lipinski definition) is 4. The third-order valence-corrected chi connectivity index (χ3v) is 3.71. The van der Waals surface area contributed by atoms with Gasteiger partial charge < -0.3 is 10.6 Å². The van der Waals surface area contributed by atoms with Gasteiger partial charge in [0.15, 0.2) is 0 Å². The van der Waals surface area contributed by atoms with Crippen LogP contribution in [0.4, 0.5) is 5.69 Å². The van der Waals surface area contributed by atoms with E-state index in [-0.39, 0.29) is 0 Å². The van der Waals surface area contributed by atoms with Crippen molar-refractivity contribution < 1.29 is 8.42 Å². The van der Waals surface area contributed by atoms with Gasteiger partial charge in [0.25, 0.3) is 0 Å². The summed E-state index contributed by atoms with van der Waals surface area (Å²) in [5, 5.41) is 0.